The predicted octanol–water partition coefficient (Wildman–Crippen LogP) is 10.5. The van der Waals surface area contributed by atoms with E-state index >= 15 is 0 Å². The van der Waals surface area contributed by atoms with Gasteiger partial charge in [-0.25, -0.2) is 15.0 Å². The van der Waals surface area contributed by atoms with Crippen LogP contribution in [-0.4, -0.2) is 15.0 Å². The van der Waals surface area contributed by atoms with Gasteiger partial charge in [0.2, 0.25) is 0 Å². The van der Waals surface area contributed by atoms with Crippen LogP contribution in [0.3, 0.4) is 0 Å². The first kappa shape index (κ1) is 25.8. The smallest absolute Gasteiger partial charge is 0.161 e. The molecule has 0 aliphatic carbocycles. The molecule has 0 unspecified atom stereocenters. The van der Waals surface area contributed by atoms with Crippen LogP contribution in [-0.2, 0) is 0 Å². The maximum atomic E-state index is 5.16. The van der Waals surface area contributed by atoms with Crippen LogP contribution in [0.1, 0.15) is 0 Å². The van der Waals surface area contributed by atoms with Gasteiger partial charge in [0.25, 0.3) is 0 Å². The Labute approximate surface area is 256 Å². The minimum atomic E-state index is 0.699. The Morgan fingerprint density at radius 2 is 0.818 bits per heavy atom. The molecule has 3 nitrogen and oxygen atoms in total. The maximum absolute atomic E-state index is 5.16. The molecule has 0 saturated carbocycles. The number of fused-ring (bicyclic) bond motifs is 3. The van der Waals surface area contributed by atoms with Crippen LogP contribution >= 0.6 is 0 Å². The highest BCUT2D eigenvalue weighted by Crippen LogP contribution is 2.39. The lowest BCUT2D eigenvalue weighted by Crippen LogP contribution is -1.97. The number of hydrogen-bond donors (Lipinski definition) is 0. The first-order chi connectivity index (χ1) is 21.8. The molecule has 206 valence electrons. The maximum Gasteiger partial charge on any atom is 0.161 e. The molecule has 8 aromatic rings. The van der Waals surface area contributed by atoms with Gasteiger partial charge in [0, 0.05) is 27.6 Å². The third-order valence-electron chi connectivity index (χ3n) is 8.09. The molecule has 6 aromatic carbocycles. The minimum absolute atomic E-state index is 0.699. The summed E-state index contributed by atoms with van der Waals surface area (Å²) in [6, 6.07) is 56.6. The molecule has 0 fully saturated rings. The number of pyridine rings is 1. The summed E-state index contributed by atoms with van der Waals surface area (Å²) in [5.74, 6) is 0.699. The van der Waals surface area contributed by atoms with Gasteiger partial charge in [-0.2, -0.15) is 0 Å². The molecule has 0 amide bonds. The first-order valence-electron chi connectivity index (χ1n) is 14.8. The fourth-order valence-corrected chi connectivity index (χ4v) is 5.97. The lowest BCUT2D eigenvalue weighted by atomic mass is 9.93. The molecule has 2 heterocycles. The lowest BCUT2D eigenvalue weighted by molar-refractivity contribution is 1.19. The highest BCUT2D eigenvalue weighted by Gasteiger charge is 2.17. The van der Waals surface area contributed by atoms with Crippen LogP contribution < -0.4 is 0 Å². The zero-order chi connectivity index (χ0) is 29.3. The second-order valence-electron chi connectivity index (χ2n) is 10.8. The summed E-state index contributed by atoms with van der Waals surface area (Å²) >= 11 is 0. The lowest BCUT2D eigenvalue weighted by Gasteiger charge is -2.15. The van der Waals surface area contributed by atoms with Crippen LogP contribution in [0.4, 0.5) is 0 Å². The molecule has 0 N–H and O–H groups in total. The number of hydrogen-bond acceptors (Lipinski definition) is 3. The zero-order valence-corrected chi connectivity index (χ0v) is 23.9. The molecule has 2 aromatic heterocycles. The van der Waals surface area contributed by atoms with E-state index in [4.69, 9.17) is 15.0 Å². The minimum Gasteiger partial charge on any atom is -0.248 e. The third-order valence-corrected chi connectivity index (χ3v) is 8.09. The molecule has 0 radical (unpaired) electrons. The average Bonchev–Trinajstić information content (AvgIpc) is 3.12. The Morgan fingerprint density at radius 3 is 1.36 bits per heavy atom. The zero-order valence-electron chi connectivity index (χ0n) is 23.9. The van der Waals surface area contributed by atoms with Crippen LogP contribution in [0.25, 0.3) is 78.0 Å². The molecule has 8 rings (SSSR count). The summed E-state index contributed by atoms with van der Waals surface area (Å²) < 4.78 is 0. The van der Waals surface area contributed by atoms with E-state index in [1.54, 1.807) is 0 Å². The summed E-state index contributed by atoms with van der Waals surface area (Å²) in [4.78, 5) is 15.4. The van der Waals surface area contributed by atoms with Crippen LogP contribution in [0.5, 0.6) is 0 Å². The van der Waals surface area contributed by atoms with Crippen molar-refractivity contribution in [2.75, 3.05) is 0 Å². The molecule has 0 aliphatic heterocycles. The Kier molecular flexibility index (Phi) is 6.47. The number of nitrogens with zero attached hydrogens (tertiary/aromatic N) is 3. The van der Waals surface area contributed by atoms with E-state index in [2.05, 4.69) is 121 Å². The van der Waals surface area contributed by atoms with E-state index in [0.29, 0.717) is 5.82 Å². The molecule has 0 aliphatic rings. The van der Waals surface area contributed by atoms with Gasteiger partial charge in [-0.1, -0.05) is 146 Å². The molecule has 0 atom stereocenters. The van der Waals surface area contributed by atoms with Gasteiger partial charge in [-0.15, -0.1) is 0 Å². The number of benzene rings is 6. The average molecular weight is 562 g/mol. The Morgan fingerprint density at radius 1 is 0.318 bits per heavy atom. The van der Waals surface area contributed by atoms with Crippen molar-refractivity contribution in [1.82, 2.24) is 15.0 Å². The van der Waals surface area contributed by atoms with Gasteiger partial charge in [-0.05, 0) is 40.1 Å². The van der Waals surface area contributed by atoms with Gasteiger partial charge in [-0.3, -0.25) is 0 Å². The van der Waals surface area contributed by atoms with Crippen molar-refractivity contribution in [3.05, 3.63) is 164 Å². The van der Waals surface area contributed by atoms with Gasteiger partial charge < -0.3 is 0 Å². The molecular formula is C41H27N3. The highest BCUT2D eigenvalue weighted by atomic mass is 14.9. The largest absolute Gasteiger partial charge is 0.248 e. The Hall–Kier alpha value is -5.93. The summed E-state index contributed by atoms with van der Waals surface area (Å²) in [5.41, 5.74) is 10.2. The van der Waals surface area contributed by atoms with Crippen molar-refractivity contribution in [3.8, 4) is 56.3 Å². The van der Waals surface area contributed by atoms with Crippen LogP contribution in [0.15, 0.2) is 164 Å². The van der Waals surface area contributed by atoms with E-state index in [9.17, 15) is 0 Å². The first-order valence-corrected chi connectivity index (χ1v) is 14.8. The summed E-state index contributed by atoms with van der Waals surface area (Å²) in [6.45, 7) is 0. The van der Waals surface area contributed by atoms with E-state index in [1.807, 2.05) is 42.5 Å². The van der Waals surface area contributed by atoms with E-state index in [-0.39, 0.29) is 0 Å². The second-order valence-corrected chi connectivity index (χ2v) is 10.8. The highest BCUT2D eigenvalue weighted by molar-refractivity contribution is 6.16. The van der Waals surface area contributed by atoms with Gasteiger partial charge in [0.15, 0.2) is 5.82 Å². The standard InChI is InChI=1S/C41H27N3/c1-5-14-28(15-6-1)35-26-37(29-16-7-2-8-17-29)42-36-25-24-32-33(40(35)36)22-13-23-34(32)41-43-38(30-18-9-3-10-19-30)27-39(44-41)31-20-11-4-12-21-31/h1-27H. The number of aromatic nitrogens is 3. The summed E-state index contributed by atoms with van der Waals surface area (Å²) in [7, 11) is 0. The molecule has 0 bridgehead atoms. The van der Waals surface area contributed by atoms with Gasteiger partial charge in [0.1, 0.15) is 0 Å². The van der Waals surface area contributed by atoms with Crippen molar-refractivity contribution in [1.29, 1.82) is 0 Å². The Balaban J connectivity index is 1.40. The second kappa shape index (κ2) is 11.0. The predicted molar refractivity (Wildman–Crippen MR) is 182 cm³/mol. The molecule has 44 heavy (non-hydrogen) atoms. The van der Waals surface area contributed by atoms with Crippen LogP contribution in [0, 0.1) is 0 Å². The summed E-state index contributed by atoms with van der Waals surface area (Å²) in [5, 5.41) is 3.34. The molecule has 0 saturated heterocycles. The van der Waals surface area contributed by atoms with Crippen molar-refractivity contribution < 1.29 is 0 Å². The van der Waals surface area contributed by atoms with Crippen molar-refractivity contribution in [3.63, 3.8) is 0 Å². The normalized spacial score (nSPS) is 11.2. The topological polar surface area (TPSA) is 38.7 Å². The molecule has 0 spiro atoms. The fraction of sp³-hybridized carbons (Fsp3) is 0. The van der Waals surface area contributed by atoms with Crippen molar-refractivity contribution in [2.45, 2.75) is 0 Å². The van der Waals surface area contributed by atoms with Gasteiger partial charge in [0.05, 0.1) is 22.6 Å². The Bertz CT molecular complexity index is 2190. The quantitative estimate of drug-likeness (QED) is 0.196. The van der Waals surface area contributed by atoms with E-state index in [0.717, 1.165) is 72.1 Å². The number of rotatable bonds is 5. The third kappa shape index (κ3) is 4.71. The monoisotopic (exact) mass is 561 g/mol. The van der Waals surface area contributed by atoms with Crippen molar-refractivity contribution in [2.24, 2.45) is 0 Å². The SMILES string of the molecule is c1ccc(-c2cc(-c3ccccc3)nc(-c3cccc4c3ccc3nc(-c5ccccc5)cc(-c5ccccc5)c34)n2)cc1. The van der Waals surface area contributed by atoms with E-state index < -0.39 is 0 Å². The van der Waals surface area contributed by atoms with Crippen molar-refractivity contribution >= 4 is 21.7 Å². The van der Waals surface area contributed by atoms with Crippen LogP contribution in [0.2, 0.25) is 0 Å². The summed E-state index contributed by atoms with van der Waals surface area (Å²) in [6.07, 6.45) is 0. The van der Waals surface area contributed by atoms with E-state index in [1.165, 1.54) is 0 Å². The van der Waals surface area contributed by atoms with Gasteiger partial charge >= 0.3 is 0 Å². The molecular weight excluding hydrogens is 534 g/mol. The molecule has 3 heteroatoms. The fourth-order valence-electron chi connectivity index (χ4n) is 5.97.